The highest BCUT2D eigenvalue weighted by Gasteiger charge is 2.39. The van der Waals surface area contributed by atoms with E-state index >= 15 is 0 Å². The number of anilines is 1. The third-order valence-electron chi connectivity index (χ3n) is 6.68. The molecular formula is C30H29ClF3N5O4. The molecule has 1 atom stereocenters. The number of benzene rings is 2. The third-order valence-corrected chi connectivity index (χ3v) is 6.96. The van der Waals surface area contributed by atoms with E-state index in [1.165, 1.54) is 31.6 Å². The first kappa shape index (κ1) is 30.2. The average Bonchev–Trinajstić information content (AvgIpc) is 3.41. The Morgan fingerprint density at radius 3 is 2.53 bits per heavy atom. The van der Waals surface area contributed by atoms with Gasteiger partial charge in [-0.2, -0.15) is 18.3 Å². The Morgan fingerprint density at radius 2 is 1.81 bits per heavy atom. The van der Waals surface area contributed by atoms with Crippen LogP contribution >= 0.6 is 11.6 Å². The number of hydrogen-bond donors (Lipinski definition) is 0. The molecule has 0 radical (unpaired) electrons. The molecule has 9 nitrogen and oxygen atoms in total. The molecule has 43 heavy (non-hydrogen) atoms. The molecule has 1 aliphatic rings. The van der Waals surface area contributed by atoms with Gasteiger partial charge in [0.15, 0.2) is 17.7 Å². The second-order valence-corrected chi connectivity index (χ2v) is 10.0. The molecule has 3 heterocycles. The number of nitrogens with zero attached hydrogens (tertiary/aromatic N) is 5. The topological polar surface area (TPSA) is 81.5 Å². The summed E-state index contributed by atoms with van der Waals surface area (Å²) in [4.78, 5) is 10.3. The van der Waals surface area contributed by atoms with Gasteiger partial charge >= 0.3 is 6.18 Å². The van der Waals surface area contributed by atoms with Crippen molar-refractivity contribution in [3.05, 3.63) is 77.6 Å². The zero-order chi connectivity index (χ0) is 30.6. The molecule has 2 aromatic heterocycles. The molecule has 5 rings (SSSR count). The summed E-state index contributed by atoms with van der Waals surface area (Å²) in [6.45, 7) is 4.65. The zero-order valence-corrected chi connectivity index (χ0v) is 24.4. The first-order valence-electron chi connectivity index (χ1n) is 13.4. The largest absolute Gasteiger partial charge is 0.481 e. The minimum absolute atomic E-state index is 0.00122. The number of hydrazone groups is 1. The van der Waals surface area contributed by atoms with Crippen molar-refractivity contribution in [3.8, 4) is 23.3 Å². The Bertz CT molecular complexity index is 1610. The lowest BCUT2D eigenvalue weighted by molar-refractivity contribution is -0.189. The van der Waals surface area contributed by atoms with Gasteiger partial charge < -0.3 is 23.8 Å². The predicted octanol–water partition coefficient (Wildman–Crippen LogP) is 7.04. The van der Waals surface area contributed by atoms with Crippen LogP contribution in [-0.2, 0) is 11.3 Å². The fourth-order valence-corrected chi connectivity index (χ4v) is 4.50. The fraction of sp³-hybridized carbons (Fsp3) is 0.300. The maximum absolute atomic E-state index is 13.6. The molecule has 0 aliphatic carbocycles. The molecule has 13 heteroatoms. The van der Waals surface area contributed by atoms with Gasteiger partial charge in [0.2, 0.25) is 11.8 Å². The summed E-state index contributed by atoms with van der Waals surface area (Å²) in [5, 5.41) is 7.34. The number of likely N-dealkylation sites (N-methyl/N-ethyl adjacent to an activating group) is 1. The van der Waals surface area contributed by atoms with Crippen LogP contribution in [0.2, 0.25) is 5.02 Å². The van der Waals surface area contributed by atoms with Crippen molar-refractivity contribution in [3.63, 3.8) is 0 Å². The molecule has 1 aliphatic heterocycles. The van der Waals surface area contributed by atoms with Crippen LogP contribution in [0.15, 0.2) is 72.1 Å². The number of rotatable bonds is 11. The maximum Gasteiger partial charge on any atom is 0.425 e. The number of aromatic nitrogens is 2. The molecular weight excluding hydrogens is 587 g/mol. The molecule has 0 unspecified atom stereocenters. The molecule has 0 N–H and O–H groups in total. The van der Waals surface area contributed by atoms with Crippen LogP contribution in [0.1, 0.15) is 19.4 Å². The molecule has 0 bridgehead atoms. The number of methoxy groups -OCH3 is 1. The highest BCUT2D eigenvalue weighted by Crippen LogP contribution is 2.42. The number of pyridine rings is 2. The molecule has 4 aromatic rings. The SMILES string of the molecule is CCN1CN(c2cc(O[C@@H](C)C(F)(F)F)c3c(Oc4cc(OC)ncc4Cl)nccc3c2)N=C1COCc1ccccc1. The molecule has 0 fully saturated rings. The summed E-state index contributed by atoms with van der Waals surface area (Å²) < 4.78 is 63.5. The highest BCUT2D eigenvalue weighted by atomic mass is 35.5. The van der Waals surface area contributed by atoms with E-state index in [-0.39, 0.29) is 40.3 Å². The number of ether oxygens (including phenoxy) is 4. The summed E-state index contributed by atoms with van der Waals surface area (Å²) in [7, 11) is 1.43. The molecule has 0 saturated carbocycles. The molecule has 226 valence electrons. The zero-order valence-electron chi connectivity index (χ0n) is 23.6. The standard InChI is InChI=1S/C30H29ClF3N5O4/c1-4-38-18-39(37-26(38)17-41-16-20-8-6-5-7-9-20)22-12-21-10-11-35-29(43-24-14-27(40-3)36-15-23(24)31)28(21)25(13-22)42-19(2)30(32,33)34/h5-15,19H,4,16-18H2,1-3H3/t19-/m0/s1. The molecule has 0 saturated heterocycles. The number of halogens is 4. The van der Waals surface area contributed by atoms with E-state index in [1.54, 1.807) is 17.1 Å². The lowest BCUT2D eigenvalue weighted by atomic mass is 10.1. The van der Waals surface area contributed by atoms with Crippen LogP contribution in [0.5, 0.6) is 23.3 Å². The van der Waals surface area contributed by atoms with Crippen LogP contribution in [0.25, 0.3) is 10.8 Å². The minimum Gasteiger partial charge on any atom is -0.481 e. The van der Waals surface area contributed by atoms with Crippen molar-refractivity contribution in [2.45, 2.75) is 32.7 Å². The Morgan fingerprint density at radius 1 is 1.02 bits per heavy atom. The number of fused-ring (bicyclic) bond motifs is 1. The van der Waals surface area contributed by atoms with Crippen LogP contribution in [0.3, 0.4) is 0 Å². The van der Waals surface area contributed by atoms with Crippen molar-refractivity contribution in [2.24, 2.45) is 5.10 Å². The number of hydrogen-bond acceptors (Lipinski definition) is 9. The van der Waals surface area contributed by atoms with E-state index in [4.69, 9.17) is 35.6 Å². The molecule has 2 aromatic carbocycles. The van der Waals surface area contributed by atoms with E-state index in [0.29, 0.717) is 36.7 Å². The van der Waals surface area contributed by atoms with E-state index in [2.05, 4.69) is 9.97 Å². The van der Waals surface area contributed by atoms with Crippen molar-refractivity contribution in [2.75, 3.05) is 31.9 Å². The van der Waals surface area contributed by atoms with Gasteiger partial charge in [-0.25, -0.2) is 15.0 Å². The van der Waals surface area contributed by atoms with Gasteiger partial charge in [-0.15, -0.1) is 0 Å². The van der Waals surface area contributed by atoms with Gasteiger partial charge in [0.05, 0.1) is 31.0 Å². The van der Waals surface area contributed by atoms with Crippen molar-refractivity contribution < 1.29 is 32.1 Å². The summed E-state index contributed by atoms with van der Waals surface area (Å²) in [6, 6.07) is 16.2. The average molecular weight is 616 g/mol. The summed E-state index contributed by atoms with van der Waals surface area (Å²) in [6.07, 6.45) is -3.89. The maximum atomic E-state index is 13.6. The van der Waals surface area contributed by atoms with E-state index in [0.717, 1.165) is 12.5 Å². The Kier molecular flexibility index (Phi) is 9.07. The van der Waals surface area contributed by atoms with E-state index in [9.17, 15) is 13.2 Å². The first-order chi connectivity index (χ1) is 20.7. The van der Waals surface area contributed by atoms with Crippen molar-refractivity contribution in [1.82, 2.24) is 14.9 Å². The van der Waals surface area contributed by atoms with Gasteiger partial charge in [0.1, 0.15) is 24.0 Å². The van der Waals surface area contributed by atoms with E-state index < -0.39 is 12.3 Å². The third kappa shape index (κ3) is 7.03. The van der Waals surface area contributed by atoms with Gasteiger partial charge in [-0.05, 0) is 36.9 Å². The van der Waals surface area contributed by atoms with Crippen LogP contribution < -0.4 is 19.2 Å². The lowest BCUT2D eigenvalue weighted by Gasteiger charge is -2.23. The Hall–Kier alpha value is -4.29. The second-order valence-electron chi connectivity index (χ2n) is 9.61. The minimum atomic E-state index is -4.61. The summed E-state index contributed by atoms with van der Waals surface area (Å²) >= 11 is 6.27. The van der Waals surface area contributed by atoms with E-state index in [1.807, 2.05) is 42.2 Å². The molecule has 0 spiro atoms. The quantitative estimate of drug-likeness (QED) is 0.178. The fourth-order valence-electron chi connectivity index (χ4n) is 4.36. The number of alkyl halides is 3. The highest BCUT2D eigenvalue weighted by molar-refractivity contribution is 6.32. The van der Waals surface area contributed by atoms with Gasteiger partial charge in [-0.1, -0.05) is 41.9 Å². The van der Waals surface area contributed by atoms with Crippen LogP contribution in [0.4, 0.5) is 18.9 Å². The first-order valence-corrected chi connectivity index (χ1v) is 13.8. The summed E-state index contributed by atoms with van der Waals surface area (Å²) in [5.74, 6) is 1.02. The summed E-state index contributed by atoms with van der Waals surface area (Å²) in [5.41, 5.74) is 1.56. The predicted molar refractivity (Wildman–Crippen MR) is 157 cm³/mol. The van der Waals surface area contributed by atoms with Crippen molar-refractivity contribution in [1.29, 1.82) is 0 Å². The smallest absolute Gasteiger partial charge is 0.425 e. The van der Waals surface area contributed by atoms with Crippen molar-refractivity contribution >= 4 is 33.9 Å². The van der Waals surface area contributed by atoms with Gasteiger partial charge in [-0.3, -0.25) is 0 Å². The van der Waals surface area contributed by atoms with Gasteiger partial charge in [0.25, 0.3) is 0 Å². The van der Waals surface area contributed by atoms with Gasteiger partial charge in [0, 0.05) is 24.9 Å². The molecule has 0 amide bonds. The monoisotopic (exact) mass is 615 g/mol. The Balaban J connectivity index is 1.50. The van der Waals surface area contributed by atoms with Crippen LogP contribution in [-0.4, -0.2) is 59.9 Å². The normalized spacial score (nSPS) is 14.2. The lowest BCUT2D eigenvalue weighted by Crippen LogP contribution is -2.33. The second kappa shape index (κ2) is 12.9. The number of amidine groups is 1. The van der Waals surface area contributed by atoms with Crippen LogP contribution in [0, 0.1) is 0 Å². The Labute approximate surface area is 251 Å².